The van der Waals surface area contributed by atoms with Gasteiger partial charge in [-0.05, 0) is 30.7 Å². The Bertz CT molecular complexity index is 556. The summed E-state index contributed by atoms with van der Waals surface area (Å²) >= 11 is 0. The van der Waals surface area contributed by atoms with Crippen LogP contribution in [0.1, 0.15) is 12.5 Å². The van der Waals surface area contributed by atoms with Crippen LogP contribution in [-0.4, -0.2) is 4.57 Å². The predicted molar refractivity (Wildman–Crippen MR) is 65.0 cm³/mol. The molecule has 0 aliphatic rings. The number of aryl methyl sites for hydroxylation is 1. The van der Waals surface area contributed by atoms with Gasteiger partial charge in [0, 0.05) is 18.3 Å². The zero-order chi connectivity index (χ0) is 13.3. The Labute approximate surface area is 103 Å². The highest BCUT2D eigenvalue weighted by Crippen LogP contribution is 2.34. The summed E-state index contributed by atoms with van der Waals surface area (Å²) in [5, 5.41) is 0. The van der Waals surface area contributed by atoms with E-state index in [4.69, 9.17) is 5.73 Å². The summed E-state index contributed by atoms with van der Waals surface area (Å²) in [7, 11) is 0. The molecule has 0 aliphatic carbocycles. The molecule has 0 aliphatic heterocycles. The summed E-state index contributed by atoms with van der Waals surface area (Å²) in [6, 6.07) is 6.92. The van der Waals surface area contributed by atoms with E-state index in [9.17, 15) is 13.2 Å². The number of hydrogen-bond donors (Lipinski definition) is 1. The van der Waals surface area contributed by atoms with Crippen molar-refractivity contribution in [2.45, 2.75) is 19.6 Å². The summed E-state index contributed by atoms with van der Waals surface area (Å²) in [5.41, 5.74) is 6.33. The first-order chi connectivity index (χ1) is 8.43. The number of alkyl halides is 3. The van der Waals surface area contributed by atoms with Crippen molar-refractivity contribution in [2.75, 3.05) is 5.73 Å². The molecule has 0 spiro atoms. The van der Waals surface area contributed by atoms with Crippen molar-refractivity contribution in [2.24, 2.45) is 0 Å². The lowest BCUT2D eigenvalue weighted by Crippen LogP contribution is -2.05. The molecule has 1 heterocycles. The van der Waals surface area contributed by atoms with Gasteiger partial charge >= 0.3 is 6.18 Å². The second-order valence-electron chi connectivity index (χ2n) is 3.98. The highest BCUT2D eigenvalue weighted by Gasteiger charge is 2.30. The lowest BCUT2D eigenvalue weighted by molar-refractivity contribution is -0.137. The van der Waals surface area contributed by atoms with Crippen LogP contribution in [0.2, 0.25) is 0 Å². The van der Waals surface area contributed by atoms with Gasteiger partial charge in [-0.3, -0.25) is 0 Å². The largest absolute Gasteiger partial charge is 0.416 e. The fourth-order valence-corrected chi connectivity index (χ4v) is 1.87. The van der Waals surface area contributed by atoms with Crippen LogP contribution in [0.5, 0.6) is 0 Å². The van der Waals surface area contributed by atoms with E-state index in [0.717, 1.165) is 12.1 Å². The summed E-state index contributed by atoms with van der Waals surface area (Å²) in [6.07, 6.45) is -2.57. The molecule has 0 saturated carbocycles. The lowest BCUT2D eigenvalue weighted by atomic mass is 10.0. The van der Waals surface area contributed by atoms with Gasteiger partial charge < -0.3 is 10.3 Å². The van der Waals surface area contributed by atoms with Crippen LogP contribution in [0.4, 0.5) is 19.0 Å². The zero-order valence-corrected chi connectivity index (χ0v) is 9.83. The molecule has 0 atom stereocenters. The Morgan fingerprint density at radius 1 is 1.22 bits per heavy atom. The molecule has 0 saturated heterocycles. The van der Waals surface area contributed by atoms with Crippen LogP contribution >= 0.6 is 0 Å². The highest BCUT2D eigenvalue weighted by molar-refractivity contribution is 5.75. The normalized spacial score (nSPS) is 11.8. The molecular weight excluding hydrogens is 241 g/mol. The van der Waals surface area contributed by atoms with E-state index >= 15 is 0 Å². The third kappa shape index (κ3) is 2.20. The Balaban J connectivity index is 2.48. The van der Waals surface area contributed by atoms with Gasteiger partial charge in [-0.15, -0.1) is 0 Å². The van der Waals surface area contributed by atoms with Crippen LogP contribution in [-0.2, 0) is 12.7 Å². The molecule has 0 amide bonds. The van der Waals surface area contributed by atoms with Gasteiger partial charge in [-0.2, -0.15) is 13.2 Å². The third-order valence-electron chi connectivity index (χ3n) is 2.85. The first-order valence-corrected chi connectivity index (χ1v) is 5.55. The van der Waals surface area contributed by atoms with Crippen molar-refractivity contribution in [3.8, 4) is 11.1 Å². The topological polar surface area (TPSA) is 30.9 Å². The SMILES string of the molecule is CCn1ccc(-c2cccc(C(F)(F)F)c2)c1N. The Morgan fingerprint density at radius 2 is 1.94 bits per heavy atom. The first kappa shape index (κ1) is 12.5. The maximum Gasteiger partial charge on any atom is 0.416 e. The molecule has 18 heavy (non-hydrogen) atoms. The van der Waals surface area contributed by atoms with E-state index in [1.54, 1.807) is 22.9 Å². The molecule has 0 unspecified atom stereocenters. The first-order valence-electron chi connectivity index (χ1n) is 5.55. The quantitative estimate of drug-likeness (QED) is 0.868. The number of rotatable bonds is 2. The van der Waals surface area contributed by atoms with E-state index < -0.39 is 11.7 Å². The van der Waals surface area contributed by atoms with Gasteiger partial charge in [0.05, 0.1) is 5.56 Å². The molecule has 2 nitrogen and oxygen atoms in total. The second kappa shape index (κ2) is 4.40. The van der Waals surface area contributed by atoms with Crippen LogP contribution in [0.25, 0.3) is 11.1 Å². The van der Waals surface area contributed by atoms with Crippen molar-refractivity contribution in [1.82, 2.24) is 4.57 Å². The van der Waals surface area contributed by atoms with Gasteiger partial charge in [0.15, 0.2) is 0 Å². The molecule has 2 rings (SSSR count). The summed E-state index contributed by atoms with van der Waals surface area (Å²) < 4.78 is 39.6. The van der Waals surface area contributed by atoms with E-state index in [-0.39, 0.29) is 0 Å². The van der Waals surface area contributed by atoms with Crippen molar-refractivity contribution >= 4 is 5.82 Å². The van der Waals surface area contributed by atoms with Crippen molar-refractivity contribution < 1.29 is 13.2 Å². The molecule has 96 valence electrons. The minimum atomic E-state index is -4.34. The number of halogens is 3. The summed E-state index contributed by atoms with van der Waals surface area (Å²) in [5.74, 6) is 0.483. The minimum absolute atomic E-state index is 0.481. The van der Waals surface area contributed by atoms with E-state index in [2.05, 4.69) is 0 Å². The highest BCUT2D eigenvalue weighted by atomic mass is 19.4. The molecule has 2 N–H and O–H groups in total. The molecule has 5 heteroatoms. The second-order valence-corrected chi connectivity index (χ2v) is 3.98. The molecule has 2 aromatic rings. The molecule has 0 bridgehead atoms. The number of nitrogens with zero attached hydrogens (tertiary/aromatic N) is 1. The van der Waals surface area contributed by atoms with E-state index in [1.165, 1.54) is 6.07 Å². The van der Waals surface area contributed by atoms with E-state index in [1.807, 2.05) is 6.92 Å². The van der Waals surface area contributed by atoms with Crippen molar-refractivity contribution in [1.29, 1.82) is 0 Å². The standard InChI is InChI=1S/C13H13F3N2/c1-2-18-7-6-11(12(18)17)9-4-3-5-10(8-9)13(14,15)16/h3-8H,2,17H2,1H3. The molecular formula is C13H13F3N2. The average Bonchev–Trinajstić information content (AvgIpc) is 2.69. The smallest absolute Gasteiger partial charge is 0.385 e. The maximum atomic E-state index is 12.6. The minimum Gasteiger partial charge on any atom is -0.385 e. The lowest BCUT2D eigenvalue weighted by Gasteiger charge is -2.09. The number of anilines is 1. The fourth-order valence-electron chi connectivity index (χ4n) is 1.87. The van der Waals surface area contributed by atoms with Crippen molar-refractivity contribution in [3.05, 3.63) is 42.1 Å². The predicted octanol–water partition coefficient (Wildman–Crippen LogP) is 3.78. The number of nitrogens with two attached hydrogens (primary N) is 1. The Morgan fingerprint density at radius 3 is 2.50 bits per heavy atom. The van der Waals surface area contributed by atoms with E-state index in [0.29, 0.717) is 23.5 Å². The zero-order valence-electron chi connectivity index (χ0n) is 9.83. The Hall–Kier alpha value is -1.91. The van der Waals surface area contributed by atoms with Gasteiger partial charge in [0.1, 0.15) is 5.82 Å². The van der Waals surface area contributed by atoms with Crippen LogP contribution < -0.4 is 5.73 Å². The molecule has 0 radical (unpaired) electrons. The van der Waals surface area contributed by atoms with Crippen LogP contribution in [0, 0.1) is 0 Å². The van der Waals surface area contributed by atoms with Crippen molar-refractivity contribution in [3.63, 3.8) is 0 Å². The Kier molecular flexibility index (Phi) is 3.07. The summed E-state index contributed by atoms with van der Waals surface area (Å²) in [6.45, 7) is 2.61. The average molecular weight is 254 g/mol. The number of nitrogen functional groups attached to an aromatic ring is 1. The van der Waals surface area contributed by atoms with Crippen LogP contribution in [0.15, 0.2) is 36.5 Å². The van der Waals surface area contributed by atoms with Gasteiger partial charge in [0.2, 0.25) is 0 Å². The van der Waals surface area contributed by atoms with Gasteiger partial charge in [-0.25, -0.2) is 0 Å². The third-order valence-corrected chi connectivity index (χ3v) is 2.85. The van der Waals surface area contributed by atoms with Gasteiger partial charge in [0.25, 0.3) is 0 Å². The fraction of sp³-hybridized carbons (Fsp3) is 0.231. The summed E-state index contributed by atoms with van der Waals surface area (Å²) in [4.78, 5) is 0. The monoisotopic (exact) mass is 254 g/mol. The molecule has 1 aromatic carbocycles. The number of benzene rings is 1. The van der Waals surface area contributed by atoms with Gasteiger partial charge in [-0.1, -0.05) is 12.1 Å². The molecule has 1 aromatic heterocycles. The maximum absolute atomic E-state index is 12.6. The number of hydrogen-bond acceptors (Lipinski definition) is 1. The molecule has 0 fully saturated rings. The van der Waals surface area contributed by atoms with Crippen LogP contribution in [0.3, 0.4) is 0 Å². The number of aromatic nitrogens is 1.